The molecule has 0 saturated carbocycles. The number of aliphatic hydroxyl groups is 1. The molecule has 0 aliphatic rings. The van der Waals surface area contributed by atoms with Crippen LogP contribution in [0, 0.1) is 17.0 Å². The summed E-state index contributed by atoms with van der Waals surface area (Å²) in [5.74, 6) is 0.187. The van der Waals surface area contributed by atoms with Crippen molar-refractivity contribution in [2.24, 2.45) is 0 Å². The number of anilines is 1. The largest absolute Gasteiger partial charge is 0.395 e. The van der Waals surface area contributed by atoms with Crippen LogP contribution in [0.5, 0.6) is 0 Å². The molecule has 100 valence electrons. The van der Waals surface area contributed by atoms with E-state index < -0.39 is 17.9 Å². The Labute approximate surface area is 102 Å². The van der Waals surface area contributed by atoms with Gasteiger partial charge in [0.15, 0.2) is 0 Å². The molecule has 0 amide bonds. The molecule has 0 radical (unpaired) electrons. The second kappa shape index (κ2) is 6.20. The Hall–Kier alpha value is -1.83. The molecule has 1 N–H and O–H groups in total. The first-order valence-electron chi connectivity index (χ1n) is 5.21. The van der Waals surface area contributed by atoms with Crippen molar-refractivity contribution in [1.82, 2.24) is 4.98 Å². The third-order valence-electron chi connectivity index (χ3n) is 2.29. The molecule has 1 aromatic rings. The fourth-order valence-corrected chi connectivity index (χ4v) is 1.50. The standard InChI is InChI=1S/C10H13F2N3O3/c1-7-8(15(17)18)2-3-10(13-7)14(4-5-16)6-9(11)12/h2-3,9,16H,4-6H2,1H3. The van der Waals surface area contributed by atoms with Crippen molar-refractivity contribution in [3.8, 4) is 0 Å². The minimum absolute atomic E-state index is 0.00537. The summed E-state index contributed by atoms with van der Waals surface area (Å²) in [4.78, 5) is 15.1. The van der Waals surface area contributed by atoms with Crippen LogP contribution in [0.15, 0.2) is 12.1 Å². The van der Waals surface area contributed by atoms with Gasteiger partial charge >= 0.3 is 0 Å². The quantitative estimate of drug-likeness (QED) is 0.617. The summed E-state index contributed by atoms with van der Waals surface area (Å²) in [6, 6.07) is 2.51. The van der Waals surface area contributed by atoms with E-state index in [1.807, 2.05) is 0 Å². The minimum atomic E-state index is -2.58. The molecule has 1 rings (SSSR count). The fraction of sp³-hybridized carbons (Fsp3) is 0.500. The van der Waals surface area contributed by atoms with Gasteiger partial charge in [-0.3, -0.25) is 10.1 Å². The van der Waals surface area contributed by atoms with Crippen molar-refractivity contribution in [1.29, 1.82) is 0 Å². The van der Waals surface area contributed by atoms with E-state index in [0.29, 0.717) is 0 Å². The van der Waals surface area contributed by atoms with Gasteiger partial charge in [0, 0.05) is 12.6 Å². The average molecular weight is 261 g/mol. The lowest BCUT2D eigenvalue weighted by Crippen LogP contribution is -2.32. The molecule has 8 heteroatoms. The highest BCUT2D eigenvalue weighted by atomic mass is 19.3. The molecule has 0 saturated heterocycles. The van der Waals surface area contributed by atoms with Gasteiger partial charge in [0.2, 0.25) is 0 Å². The normalized spacial score (nSPS) is 10.7. The molecule has 18 heavy (non-hydrogen) atoms. The molecule has 0 aliphatic heterocycles. The van der Waals surface area contributed by atoms with Crippen LogP contribution in [-0.4, -0.2) is 41.1 Å². The van der Waals surface area contributed by atoms with E-state index in [1.54, 1.807) is 0 Å². The summed E-state index contributed by atoms with van der Waals surface area (Å²) in [6.07, 6.45) is -2.58. The lowest BCUT2D eigenvalue weighted by molar-refractivity contribution is -0.385. The van der Waals surface area contributed by atoms with E-state index in [2.05, 4.69) is 4.98 Å². The summed E-state index contributed by atoms with van der Waals surface area (Å²) in [7, 11) is 0. The second-order valence-electron chi connectivity index (χ2n) is 3.59. The summed E-state index contributed by atoms with van der Waals surface area (Å²) >= 11 is 0. The molecule has 1 aromatic heterocycles. The zero-order chi connectivity index (χ0) is 13.7. The number of pyridine rings is 1. The van der Waals surface area contributed by atoms with Gasteiger partial charge in [-0.1, -0.05) is 0 Å². The molecule has 6 nitrogen and oxygen atoms in total. The van der Waals surface area contributed by atoms with Gasteiger partial charge in [0.05, 0.1) is 18.1 Å². The van der Waals surface area contributed by atoms with Crippen LogP contribution in [0.25, 0.3) is 0 Å². The van der Waals surface area contributed by atoms with Crippen molar-refractivity contribution in [2.75, 3.05) is 24.6 Å². The fourth-order valence-electron chi connectivity index (χ4n) is 1.50. The number of nitro groups is 1. The smallest absolute Gasteiger partial charge is 0.290 e. The molecular formula is C10H13F2N3O3. The van der Waals surface area contributed by atoms with Crippen LogP contribution >= 0.6 is 0 Å². The molecule has 0 spiro atoms. The second-order valence-corrected chi connectivity index (χ2v) is 3.59. The first kappa shape index (κ1) is 14.2. The molecule has 1 heterocycles. The van der Waals surface area contributed by atoms with E-state index in [9.17, 15) is 18.9 Å². The first-order chi connectivity index (χ1) is 8.45. The number of halogens is 2. The van der Waals surface area contributed by atoms with E-state index in [4.69, 9.17) is 5.11 Å². The molecule has 0 bridgehead atoms. The maximum absolute atomic E-state index is 12.3. The van der Waals surface area contributed by atoms with Crippen molar-refractivity contribution >= 4 is 11.5 Å². The van der Waals surface area contributed by atoms with Crippen molar-refractivity contribution in [2.45, 2.75) is 13.3 Å². The highest BCUT2D eigenvalue weighted by Gasteiger charge is 2.17. The third-order valence-corrected chi connectivity index (χ3v) is 2.29. The number of rotatable bonds is 6. The maximum atomic E-state index is 12.3. The Morgan fingerprint density at radius 2 is 2.22 bits per heavy atom. The van der Waals surface area contributed by atoms with E-state index in [-0.39, 0.29) is 30.4 Å². The number of aromatic nitrogens is 1. The van der Waals surface area contributed by atoms with Crippen LogP contribution in [0.2, 0.25) is 0 Å². The van der Waals surface area contributed by atoms with Gasteiger partial charge in [0.1, 0.15) is 11.5 Å². The van der Waals surface area contributed by atoms with Crippen LogP contribution in [0.4, 0.5) is 20.3 Å². The molecule has 0 unspecified atom stereocenters. The van der Waals surface area contributed by atoms with Crippen molar-refractivity contribution in [3.63, 3.8) is 0 Å². The zero-order valence-electron chi connectivity index (χ0n) is 9.71. The summed E-state index contributed by atoms with van der Waals surface area (Å²) in [5.41, 5.74) is -0.0190. The summed E-state index contributed by atoms with van der Waals surface area (Å²) in [5, 5.41) is 19.4. The Morgan fingerprint density at radius 1 is 1.56 bits per heavy atom. The Balaban J connectivity index is 2.98. The Morgan fingerprint density at radius 3 is 2.67 bits per heavy atom. The average Bonchev–Trinajstić information content (AvgIpc) is 2.27. The first-order valence-corrected chi connectivity index (χ1v) is 5.21. The topological polar surface area (TPSA) is 79.5 Å². The lowest BCUT2D eigenvalue weighted by Gasteiger charge is -2.22. The number of hydrogen-bond acceptors (Lipinski definition) is 5. The SMILES string of the molecule is Cc1nc(N(CCO)CC(F)F)ccc1[N+](=O)[O-]. The number of alkyl halides is 2. The van der Waals surface area contributed by atoms with Gasteiger partial charge in [0.25, 0.3) is 12.1 Å². The minimum Gasteiger partial charge on any atom is -0.395 e. The van der Waals surface area contributed by atoms with E-state index in [1.165, 1.54) is 24.0 Å². The van der Waals surface area contributed by atoms with Crippen LogP contribution < -0.4 is 4.90 Å². The predicted molar refractivity (Wildman–Crippen MR) is 60.9 cm³/mol. The third kappa shape index (κ3) is 3.59. The van der Waals surface area contributed by atoms with Gasteiger partial charge in [-0.2, -0.15) is 0 Å². The number of aryl methyl sites for hydroxylation is 1. The van der Waals surface area contributed by atoms with Gasteiger partial charge in [-0.05, 0) is 13.0 Å². The van der Waals surface area contributed by atoms with Crippen LogP contribution in [0.3, 0.4) is 0 Å². The summed E-state index contributed by atoms with van der Waals surface area (Å²) < 4.78 is 24.7. The van der Waals surface area contributed by atoms with E-state index in [0.717, 1.165) is 0 Å². The highest BCUT2D eigenvalue weighted by Crippen LogP contribution is 2.20. The lowest BCUT2D eigenvalue weighted by atomic mass is 10.3. The van der Waals surface area contributed by atoms with Gasteiger partial charge in [-0.15, -0.1) is 0 Å². The molecule has 0 atom stereocenters. The monoisotopic (exact) mass is 261 g/mol. The molecule has 0 aliphatic carbocycles. The van der Waals surface area contributed by atoms with Gasteiger partial charge < -0.3 is 10.0 Å². The Kier molecular flexibility index (Phi) is 4.90. The summed E-state index contributed by atoms with van der Waals surface area (Å²) in [6.45, 7) is 0.547. The van der Waals surface area contributed by atoms with Gasteiger partial charge in [-0.25, -0.2) is 13.8 Å². The van der Waals surface area contributed by atoms with E-state index >= 15 is 0 Å². The predicted octanol–water partition coefficient (Wildman–Crippen LogP) is 1.36. The molecule has 0 fully saturated rings. The van der Waals surface area contributed by atoms with Crippen LogP contribution in [0.1, 0.15) is 5.69 Å². The van der Waals surface area contributed by atoms with Crippen molar-refractivity contribution < 1.29 is 18.8 Å². The number of hydrogen-bond donors (Lipinski definition) is 1. The Bertz CT molecular complexity index is 429. The number of nitrogens with zero attached hydrogens (tertiary/aromatic N) is 3. The highest BCUT2D eigenvalue weighted by molar-refractivity contribution is 5.46. The number of aliphatic hydroxyl groups excluding tert-OH is 1. The van der Waals surface area contributed by atoms with Crippen molar-refractivity contribution in [3.05, 3.63) is 27.9 Å². The zero-order valence-corrected chi connectivity index (χ0v) is 9.71. The van der Waals surface area contributed by atoms with Crippen LogP contribution in [-0.2, 0) is 0 Å². The molecule has 0 aromatic carbocycles. The maximum Gasteiger partial charge on any atom is 0.290 e. The molecular weight excluding hydrogens is 248 g/mol.